The lowest BCUT2D eigenvalue weighted by molar-refractivity contribution is 0.0448. The third-order valence-corrected chi connectivity index (χ3v) is 3.45. The van der Waals surface area contributed by atoms with Crippen molar-refractivity contribution in [2.75, 3.05) is 6.54 Å². The molecule has 1 aromatic heterocycles. The van der Waals surface area contributed by atoms with Gasteiger partial charge in [0.2, 0.25) is 0 Å². The third-order valence-electron chi connectivity index (χ3n) is 3.45. The zero-order chi connectivity index (χ0) is 13.2. The van der Waals surface area contributed by atoms with Crippen molar-refractivity contribution in [3.05, 3.63) is 23.5 Å². The monoisotopic (exact) mass is 250 g/mol. The average Bonchev–Trinajstić information content (AvgIpc) is 2.95. The molecular weight excluding hydrogens is 232 g/mol. The average molecular weight is 250 g/mol. The molecule has 0 bridgehead atoms. The van der Waals surface area contributed by atoms with Crippen LogP contribution in [0.4, 0.5) is 0 Å². The SMILES string of the molecule is CC(=O)c1c[nH]c(C(=O)NCC2(O)CCCC2)c1. The van der Waals surface area contributed by atoms with Crippen molar-refractivity contribution in [2.45, 2.75) is 38.2 Å². The van der Waals surface area contributed by atoms with E-state index < -0.39 is 5.60 Å². The van der Waals surface area contributed by atoms with E-state index in [0.717, 1.165) is 25.7 Å². The van der Waals surface area contributed by atoms with Crippen molar-refractivity contribution in [3.63, 3.8) is 0 Å². The Hall–Kier alpha value is -1.62. The molecule has 0 aromatic carbocycles. The Bertz CT molecular complexity index is 459. The van der Waals surface area contributed by atoms with Crippen molar-refractivity contribution in [3.8, 4) is 0 Å². The summed E-state index contributed by atoms with van der Waals surface area (Å²) in [6, 6.07) is 1.52. The predicted octanol–water partition coefficient (Wildman–Crippen LogP) is 1.25. The summed E-state index contributed by atoms with van der Waals surface area (Å²) in [5.41, 5.74) is 0.0765. The van der Waals surface area contributed by atoms with Gasteiger partial charge in [-0.3, -0.25) is 9.59 Å². The Kier molecular flexibility index (Phi) is 3.52. The Morgan fingerprint density at radius 3 is 2.67 bits per heavy atom. The van der Waals surface area contributed by atoms with Gasteiger partial charge in [-0.05, 0) is 25.8 Å². The maximum atomic E-state index is 11.8. The number of hydrogen-bond donors (Lipinski definition) is 3. The van der Waals surface area contributed by atoms with Gasteiger partial charge in [-0.1, -0.05) is 12.8 Å². The highest BCUT2D eigenvalue weighted by Gasteiger charge is 2.31. The molecule has 0 radical (unpaired) electrons. The van der Waals surface area contributed by atoms with E-state index in [1.807, 2.05) is 0 Å². The summed E-state index contributed by atoms with van der Waals surface area (Å²) in [5, 5.41) is 12.8. The molecule has 0 spiro atoms. The Balaban J connectivity index is 1.93. The lowest BCUT2D eigenvalue weighted by Crippen LogP contribution is -2.40. The van der Waals surface area contributed by atoms with Crippen LogP contribution in [-0.2, 0) is 0 Å². The summed E-state index contributed by atoms with van der Waals surface area (Å²) in [6.07, 6.45) is 4.99. The van der Waals surface area contributed by atoms with Gasteiger partial charge in [-0.2, -0.15) is 0 Å². The Labute approximate surface area is 106 Å². The molecule has 1 aromatic rings. The second kappa shape index (κ2) is 4.94. The van der Waals surface area contributed by atoms with E-state index >= 15 is 0 Å². The second-order valence-corrected chi connectivity index (χ2v) is 4.97. The zero-order valence-electron chi connectivity index (χ0n) is 10.5. The minimum atomic E-state index is -0.758. The molecule has 1 amide bonds. The van der Waals surface area contributed by atoms with Crippen molar-refractivity contribution in [2.24, 2.45) is 0 Å². The van der Waals surface area contributed by atoms with E-state index in [2.05, 4.69) is 10.3 Å². The number of rotatable bonds is 4. The topological polar surface area (TPSA) is 82.2 Å². The van der Waals surface area contributed by atoms with Crippen LogP contribution in [0.5, 0.6) is 0 Å². The molecule has 0 saturated heterocycles. The lowest BCUT2D eigenvalue weighted by Gasteiger charge is -2.22. The van der Waals surface area contributed by atoms with E-state index in [0.29, 0.717) is 11.3 Å². The summed E-state index contributed by atoms with van der Waals surface area (Å²) in [4.78, 5) is 25.7. The molecular formula is C13H18N2O3. The molecule has 1 heterocycles. The van der Waals surface area contributed by atoms with Gasteiger partial charge < -0.3 is 15.4 Å². The van der Waals surface area contributed by atoms with Crippen LogP contribution in [0.3, 0.4) is 0 Å². The molecule has 0 aliphatic heterocycles. The summed E-state index contributed by atoms with van der Waals surface area (Å²) < 4.78 is 0. The third kappa shape index (κ3) is 2.79. The molecule has 0 unspecified atom stereocenters. The van der Waals surface area contributed by atoms with Crippen LogP contribution >= 0.6 is 0 Å². The number of carbonyl (C=O) groups excluding carboxylic acids is 2. The first kappa shape index (κ1) is 12.8. The summed E-state index contributed by atoms with van der Waals surface area (Å²) in [7, 11) is 0. The van der Waals surface area contributed by atoms with Gasteiger partial charge in [-0.15, -0.1) is 0 Å². The van der Waals surface area contributed by atoms with Crippen LogP contribution in [-0.4, -0.2) is 33.9 Å². The molecule has 5 nitrogen and oxygen atoms in total. The van der Waals surface area contributed by atoms with Gasteiger partial charge in [0.05, 0.1) is 5.60 Å². The molecule has 1 fully saturated rings. The number of amides is 1. The lowest BCUT2D eigenvalue weighted by atomic mass is 10.0. The minimum absolute atomic E-state index is 0.0836. The zero-order valence-corrected chi connectivity index (χ0v) is 10.5. The quantitative estimate of drug-likeness (QED) is 0.703. The molecule has 1 aliphatic rings. The van der Waals surface area contributed by atoms with E-state index in [1.54, 1.807) is 0 Å². The summed E-state index contributed by atoms with van der Waals surface area (Å²) >= 11 is 0. The number of carbonyl (C=O) groups is 2. The molecule has 2 rings (SSSR count). The largest absolute Gasteiger partial charge is 0.388 e. The van der Waals surface area contributed by atoms with Crippen molar-refractivity contribution < 1.29 is 14.7 Å². The van der Waals surface area contributed by atoms with Gasteiger partial charge >= 0.3 is 0 Å². The van der Waals surface area contributed by atoms with E-state index in [4.69, 9.17) is 0 Å². The van der Waals surface area contributed by atoms with Crippen LogP contribution in [0.1, 0.15) is 53.5 Å². The van der Waals surface area contributed by atoms with E-state index in [1.165, 1.54) is 19.2 Å². The van der Waals surface area contributed by atoms with Crippen LogP contribution in [0.15, 0.2) is 12.3 Å². The highest BCUT2D eigenvalue weighted by atomic mass is 16.3. The number of aromatic amines is 1. The van der Waals surface area contributed by atoms with Gasteiger partial charge in [0, 0.05) is 18.3 Å². The first-order valence-corrected chi connectivity index (χ1v) is 6.20. The number of nitrogens with one attached hydrogen (secondary N) is 2. The fourth-order valence-corrected chi connectivity index (χ4v) is 2.28. The van der Waals surface area contributed by atoms with Crippen molar-refractivity contribution >= 4 is 11.7 Å². The fourth-order valence-electron chi connectivity index (χ4n) is 2.28. The smallest absolute Gasteiger partial charge is 0.267 e. The van der Waals surface area contributed by atoms with E-state index in [9.17, 15) is 14.7 Å². The van der Waals surface area contributed by atoms with Gasteiger partial charge in [0.15, 0.2) is 5.78 Å². The molecule has 18 heavy (non-hydrogen) atoms. The fraction of sp³-hybridized carbons (Fsp3) is 0.538. The molecule has 3 N–H and O–H groups in total. The van der Waals surface area contributed by atoms with Crippen molar-refractivity contribution in [1.29, 1.82) is 0 Å². The van der Waals surface area contributed by atoms with Gasteiger partial charge in [0.25, 0.3) is 5.91 Å². The van der Waals surface area contributed by atoms with Crippen LogP contribution < -0.4 is 5.32 Å². The second-order valence-electron chi connectivity index (χ2n) is 4.97. The van der Waals surface area contributed by atoms with E-state index in [-0.39, 0.29) is 18.2 Å². The van der Waals surface area contributed by atoms with Gasteiger partial charge in [0.1, 0.15) is 5.69 Å². The molecule has 1 saturated carbocycles. The van der Waals surface area contributed by atoms with Crippen LogP contribution in [0.25, 0.3) is 0 Å². The maximum Gasteiger partial charge on any atom is 0.267 e. The molecule has 1 aliphatic carbocycles. The highest BCUT2D eigenvalue weighted by molar-refractivity contribution is 5.99. The maximum absolute atomic E-state index is 11.8. The summed E-state index contributed by atoms with van der Waals surface area (Å²) in [6.45, 7) is 1.71. The first-order valence-electron chi connectivity index (χ1n) is 6.20. The number of H-pyrrole nitrogens is 1. The Morgan fingerprint density at radius 2 is 2.11 bits per heavy atom. The highest BCUT2D eigenvalue weighted by Crippen LogP contribution is 2.28. The molecule has 5 heteroatoms. The number of aromatic nitrogens is 1. The molecule has 0 atom stereocenters. The van der Waals surface area contributed by atoms with Crippen LogP contribution in [0.2, 0.25) is 0 Å². The van der Waals surface area contributed by atoms with Crippen molar-refractivity contribution in [1.82, 2.24) is 10.3 Å². The number of hydrogen-bond acceptors (Lipinski definition) is 3. The van der Waals surface area contributed by atoms with Crippen LogP contribution in [0, 0.1) is 0 Å². The number of Topliss-reactive ketones (excluding diaryl/α,β-unsaturated/α-hetero) is 1. The minimum Gasteiger partial charge on any atom is -0.388 e. The standard InChI is InChI=1S/C13H18N2O3/c1-9(16)10-6-11(14-7-10)12(17)15-8-13(18)4-2-3-5-13/h6-7,14,18H,2-5,8H2,1H3,(H,15,17). The number of ketones is 1. The van der Waals surface area contributed by atoms with Gasteiger partial charge in [-0.25, -0.2) is 0 Å². The predicted molar refractivity (Wildman–Crippen MR) is 66.5 cm³/mol. The molecule has 98 valence electrons. The summed E-state index contributed by atoms with van der Waals surface area (Å²) in [5.74, 6) is -0.373. The first-order chi connectivity index (χ1) is 8.50. The number of aliphatic hydroxyl groups is 1. The normalized spacial score (nSPS) is 17.7. The Morgan fingerprint density at radius 1 is 1.44 bits per heavy atom.